The molecular weight excluding hydrogens is 270 g/mol. The van der Waals surface area contributed by atoms with Crippen LogP contribution in [0.1, 0.15) is 53.4 Å². The maximum atomic E-state index is 12.0. The second kappa shape index (κ2) is 6.11. The summed E-state index contributed by atoms with van der Waals surface area (Å²) in [4.78, 5) is 27.6. The van der Waals surface area contributed by atoms with E-state index in [1.807, 2.05) is 20.8 Å². The maximum absolute atomic E-state index is 12.0. The molecule has 0 aliphatic rings. The molecule has 116 valence electrons. The van der Waals surface area contributed by atoms with E-state index in [1.165, 1.54) is 12.3 Å². The van der Waals surface area contributed by atoms with Crippen LogP contribution in [0, 0.1) is 0 Å². The summed E-state index contributed by atoms with van der Waals surface area (Å²) in [6.07, 6.45) is 0.681. The molecule has 2 amide bonds. The Morgan fingerprint density at radius 1 is 1.24 bits per heavy atom. The van der Waals surface area contributed by atoms with Gasteiger partial charge in [0.05, 0.1) is 13.3 Å². The topological polar surface area (TPSA) is 80.3 Å². The second-order valence-electron chi connectivity index (χ2n) is 6.68. The van der Waals surface area contributed by atoms with Crippen molar-refractivity contribution >= 4 is 17.7 Å². The standard InChI is InChI=1S/C15H23N3O3/c1-14(2,3)18-12(19)11-8-7-10(9-16-11)17-13(20)21-15(4,5)6/h7-9H,1-6H3,(H,17,20)(H,18,19)/i8D. The highest BCUT2D eigenvalue weighted by molar-refractivity contribution is 5.93. The van der Waals surface area contributed by atoms with Crippen molar-refractivity contribution in [2.45, 2.75) is 52.7 Å². The lowest BCUT2D eigenvalue weighted by molar-refractivity contribution is 0.0635. The van der Waals surface area contributed by atoms with Gasteiger partial charge in [0, 0.05) is 5.54 Å². The highest BCUT2D eigenvalue weighted by Gasteiger charge is 2.18. The number of hydrogen-bond acceptors (Lipinski definition) is 4. The number of amides is 2. The van der Waals surface area contributed by atoms with Gasteiger partial charge < -0.3 is 10.1 Å². The van der Waals surface area contributed by atoms with E-state index in [0.29, 0.717) is 5.69 Å². The molecule has 0 saturated heterocycles. The summed E-state index contributed by atoms with van der Waals surface area (Å²) in [7, 11) is 0. The Labute approximate surface area is 126 Å². The molecule has 0 aliphatic carbocycles. The second-order valence-corrected chi connectivity index (χ2v) is 6.68. The number of aromatic nitrogens is 1. The van der Waals surface area contributed by atoms with E-state index in [4.69, 9.17) is 6.11 Å². The van der Waals surface area contributed by atoms with Crippen LogP contribution < -0.4 is 10.6 Å². The van der Waals surface area contributed by atoms with E-state index >= 15 is 0 Å². The van der Waals surface area contributed by atoms with Gasteiger partial charge in [-0.15, -0.1) is 0 Å². The van der Waals surface area contributed by atoms with E-state index in [1.54, 1.807) is 20.8 Å². The van der Waals surface area contributed by atoms with Crippen LogP contribution in [0.3, 0.4) is 0 Å². The first-order chi connectivity index (χ1) is 9.87. The van der Waals surface area contributed by atoms with E-state index < -0.39 is 23.1 Å². The van der Waals surface area contributed by atoms with E-state index in [0.717, 1.165) is 0 Å². The Kier molecular flexibility index (Phi) is 4.45. The van der Waals surface area contributed by atoms with Gasteiger partial charge in [-0.3, -0.25) is 10.1 Å². The van der Waals surface area contributed by atoms with Gasteiger partial charge in [0.15, 0.2) is 0 Å². The Morgan fingerprint density at radius 3 is 2.33 bits per heavy atom. The van der Waals surface area contributed by atoms with Gasteiger partial charge in [0.1, 0.15) is 11.3 Å². The van der Waals surface area contributed by atoms with Crippen molar-refractivity contribution in [2.75, 3.05) is 5.32 Å². The van der Waals surface area contributed by atoms with Gasteiger partial charge in [-0.2, -0.15) is 0 Å². The number of carbonyl (C=O) groups excluding carboxylic acids is 2. The van der Waals surface area contributed by atoms with Crippen molar-refractivity contribution in [3.05, 3.63) is 24.0 Å². The van der Waals surface area contributed by atoms with Gasteiger partial charge in [-0.1, -0.05) is 0 Å². The average molecular weight is 294 g/mol. The third-order valence-electron chi connectivity index (χ3n) is 2.05. The molecule has 6 heteroatoms. The highest BCUT2D eigenvalue weighted by Crippen LogP contribution is 2.11. The van der Waals surface area contributed by atoms with Gasteiger partial charge in [0.25, 0.3) is 5.91 Å². The Balaban J connectivity index is 2.82. The van der Waals surface area contributed by atoms with Crippen molar-refractivity contribution in [1.82, 2.24) is 10.3 Å². The van der Waals surface area contributed by atoms with Crippen molar-refractivity contribution in [2.24, 2.45) is 0 Å². The fraction of sp³-hybridized carbons (Fsp3) is 0.533. The van der Waals surface area contributed by atoms with Crippen molar-refractivity contribution in [3.63, 3.8) is 0 Å². The number of ether oxygens (including phenoxy) is 1. The largest absolute Gasteiger partial charge is 0.444 e. The van der Waals surface area contributed by atoms with Crippen molar-refractivity contribution < 1.29 is 15.7 Å². The first-order valence-electron chi connectivity index (χ1n) is 7.16. The number of carbonyl (C=O) groups is 2. The first-order valence-corrected chi connectivity index (χ1v) is 6.66. The molecule has 1 rings (SSSR count). The predicted molar refractivity (Wildman–Crippen MR) is 81.3 cm³/mol. The third-order valence-corrected chi connectivity index (χ3v) is 2.05. The number of hydrogen-bond donors (Lipinski definition) is 2. The molecule has 6 nitrogen and oxygen atoms in total. The van der Waals surface area contributed by atoms with Crippen LogP contribution in [0.15, 0.2) is 18.3 Å². The fourth-order valence-electron chi connectivity index (χ4n) is 1.37. The molecule has 1 heterocycles. The molecule has 2 N–H and O–H groups in total. The number of pyridine rings is 1. The normalized spacial score (nSPS) is 12.4. The molecule has 21 heavy (non-hydrogen) atoms. The molecule has 0 fully saturated rings. The minimum Gasteiger partial charge on any atom is -0.444 e. The summed E-state index contributed by atoms with van der Waals surface area (Å²) >= 11 is 0. The molecule has 0 radical (unpaired) electrons. The molecule has 1 aromatic rings. The average Bonchev–Trinajstić information content (AvgIpc) is 2.23. The minimum absolute atomic E-state index is 0.00432. The van der Waals surface area contributed by atoms with E-state index in [2.05, 4.69) is 15.6 Å². The minimum atomic E-state index is -0.638. The maximum Gasteiger partial charge on any atom is 0.412 e. The Morgan fingerprint density at radius 2 is 1.86 bits per heavy atom. The Hall–Kier alpha value is -2.11. The summed E-state index contributed by atoms with van der Waals surface area (Å²) in [6.45, 7) is 10.8. The summed E-state index contributed by atoms with van der Waals surface area (Å²) < 4.78 is 13.0. The van der Waals surface area contributed by atoms with Crippen molar-refractivity contribution in [1.29, 1.82) is 0 Å². The molecular formula is C15H23N3O3. The molecule has 0 aromatic carbocycles. The molecule has 0 unspecified atom stereocenters. The summed E-state index contributed by atoms with van der Waals surface area (Å²) in [5.41, 5.74) is -0.733. The number of nitrogens with zero attached hydrogens (tertiary/aromatic N) is 1. The summed E-state index contributed by atoms with van der Waals surface area (Å²) in [5, 5.41) is 5.21. The number of nitrogens with one attached hydrogen (secondary N) is 2. The summed E-state index contributed by atoms with van der Waals surface area (Å²) in [5.74, 6) is -0.429. The van der Waals surface area contributed by atoms with Gasteiger partial charge >= 0.3 is 6.09 Å². The lowest BCUT2D eigenvalue weighted by Gasteiger charge is -2.20. The Bertz CT molecular complexity index is 574. The van der Waals surface area contributed by atoms with Gasteiger partial charge in [-0.25, -0.2) is 9.78 Å². The van der Waals surface area contributed by atoms with Crippen LogP contribution in [0.4, 0.5) is 10.5 Å². The molecule has 0 atom stereocenters. The SMILES string of the molecule is [2H]c1cc(NC(=O)OC(C)(C)C)cnc1C(=O)NC(C)(C)C. The quantitative estimate of drug-likeness (QED) is 0.878. The van der Waals surface area contributed by atoms with Crippen molar-refractivity contribution in [3.8, 4) is 0 Å². The zero-order chi connectivity index (χ0) is 17.1. The van der Waals surface area contributed by atoms with E-state index in [9.17, 15) is 9.59 Å². The highest BCUT2D eigenvalue weighted by atomic mass is 16.6. The summed E-state index contributed by atoms with van der Waals surface area (Å²) in [6, 6.07) is 1.28. The number of anilines is 1. The van der Waals surface area contributed by atoms with Crippen LogP contribution in [-0.2, 0) is 4.74 Å². The lowest BCUT2D eigenvalue weighted by atomic mass is 10.1. The zero-order valence-electron chi connectivity index (χ0n) is 14.3. The molecule has 0 spiro atoms. The van der Waals surface area contributed by atoms with Crippen LogP contribution in [0.25, 0.3) is 0 Å². The molecule has 1 aromatic heterocycles. The monoisotopic (exact) mass is 294 g/mol. The molecule has 0 bridgehead atoms. The molecule has 0 saturated carbocycles. The predicted octanol–water partition coefficient (Wildman–Crippen LogP) is 2.96. The smallest absolute Gasteiger partial charge is 0.412 e. The molecule has 0 aliphatic heterocycles. The van der Waals surface area contributed by atoms with E-state index in [-0.39, 0.29) is 11.7 Å². The first kappa shape index (κ1) is 15.3. The van der Waals surface area contributed by atoms with Gasteiger partial charge in [0.2, 0.25) is 0 Å². The lowest BCUT2D eigenvalue weighted by Crippen LogP contribution is -2.40. The number of rotatable bonds is 2. The zero-order valence-corrected chi connectivity index (χ0v) is 13.3. The van der Waals surface area contributed by atoms with Crippen LogP contribution in [0.2, 0.25) is 0 Å². The van der Waals surface area contributed by atoms with Gasteiger partial charge in [-0.05, 0) is 53.7 Å². The fourth-order valence-corrected chi connectivity index (χ4v) is 1.37. The van der Waals surface area contributed by atoms with Crippen LogP contribution in [-0.4, -0.2) is 28.1 Å². The van der Waals surface area contributed by atoms with Crippen LogP contribution in [0.5, 0.6) is 0 Å². The third kappa shape index (κ3) is 6.74. The van der Waals surface area contributed by atoms with Crippen LogP contribution >= 0.6 is 0 Å².